The molecule has 0 saturated heterocycles. The molecule has 0 spiro atoms. The first-order chi connectivity index (χ1) is 17.7. The number of anilines is 2. The van der Waals surface area contributed by atoms with E-state index in [9.17, 15) is 14.4 Å². The van der Waals surface area contributed by atoms with Crippen molar-refractivity contribution in [3.63, 3.8) is 0 Å². The Hall–Kier alpha value is -4.13. The molecule has 0 bridgehead atoms. The van der Waals surface area contributed by atoms with Crippen LogP contribution in [0.4, 0.5) is 11.4 Å². The fourth-order valence-corrected chi connectivity index (χ4v) is 3.96. The van der Waals surface area contributed by atoms with Crippen LogP contribution in [0, 0.1) is 0 Å². The van der Waals surface area contributed by atoms with Gasteiger partial charge in [0.05, 0.1) is 12.7 Å². The second kappa shape index (κ2) is 11.1. The first-order valence-corrected chi connectivity index (χ1v) is 12.4. The summed E-state index contributed by atoms with van der Waals surface area (Å²) < 4.78 is 11.2. The predicted octanol–water partition coefficient (Wildman–Crippen LogP) is 6.72. The molecule has 3 rings (SSSR count). The molecule has 0 aliphatic heterocycles. The van der Waals surface area contributed by atoms with E-state index in [0.717, 1.165) is 16.9 Å². The van der Waals surface area contributed by atoms with Crippen LogP contribution in [0.3, 0.4) is 0 Å². The van der Waals surface area contributed by atoms with E-state index in [1.54, 1.807) is 55.6 Å². The van der Waals surface area contributed by atoms with Crippen molar-refractivity contribution in [1.29, 1.82) is 0 Å². The van der Waals surface area contributed by atoms with Crippen molar-refractivity contribution < 1.29 is 23.9 Å². The molecule has 200 valence electrons. The van der Waals surface area contributed by atoms with Crippen LogP contribution in [0.2, 0.25) is 0 Å². The van der Waals surface area contributed by atoms with Crippen molar-refractivity contribution in [2.24, 2.45) is 0 Å². The van der Waals surface area contributed by atoms with Gasteiger partial charge in [-0.05, 0) is 71.5 Å². The molecule has 3 aromatic rings. The normalized spacial score (nSPS) is 11.5. The summed E-state index contributed by atoms with van der Waals surface area (Å²) in [5, 5.41) is 5.58. The minimum Gasteiger partial charge on any atom is -0.496 e. The van der Waals surface area contributed by atoms with Crippen LogP contribution in [-0.2, 0) is 15.6 Å². The summed E-state index contributed by atoms with van der Waals surface area (Å²) in [7, 11) is 1.66. The first kappa shape index (κ1) is 28.4. The van der Waals surface area contributed by atoms with Crippen LogP contribution in [0.25, 0.3) is 0 Å². The molecule has 0 fully saturated rings. The summed E-state index contributed by atoms with van der Waals surface area (Å²) in [6.45, 7) is 14.0. The molecule has 0 unspecified atom stereocenters. The zero-order chi connectivity index (χ0) is 28.3. The van der Waals surface area contributed by atoms with Crippen LogP contribution in [0.1, 0.15) is 80.3 Å². The average molecular weight is 517 g/mol. The Balaban J connectivity index is 1.77. The van der Waals surface area contributed by atoms with E-state index in [0.29, 0.717) is 28.3 Å². The highest BCUT2D eigenvalue weighted by Gasteiger charge is 2.28. The number of benzene rings is 3. The fraction of sp³-hybridized carbons (Fsp3) is 0.323. The van der Waals surface area contributed by atoms with E-state index in [4.69, 9.17) is 9.47 Å². The van der Waals surface area contributed by atoms with Crippen molar-refractivity contribution in [2.45, 2.75) is 59.3 Å². The molecule has 0 aliphatic rings. The van der Waals surface area contributed by atoms with Crippen molar-refractivity contribution in [3.05, 3.63) is 82.9 Å². The quantitative estimate of drug-likeness (QED) is 0.280. The molecule has 2 amide bonds. The molecule has 3 aromatic carbocycles. The Bertz CT molecular complexity index is 1290. The summed E-state index contributed by atoms with van der Waals surface area (Å²) >= 11 is 0. The minimum absolute atomic E-state index is 0.182. The zero-order valence-electron chi connectivity index (χ0n) is 23.3. The van der Waals surface area contributed by atoms with Crippen LogP contribution in [-0.4, -0.2) is 24.9 Å². The van der Waals surface area contributed by atoms with E-state index in [-0.39, 0.29) is 22.6 Å². The molecule has 0 aliphatic carbocycles. The maximum atomic E-state index is 13.3. The van der Waals surface area contributed by atoms with E-state index >= 15 is 0 Å². The number of esters is 1. The standard InChI is InChI=1S/C31H36N2O5/c1-19(34)32-22-13-15-24(16-14-22)38-29(36)20-9-11-23(12-10-20)33-28(35)21-17-25(30(2,3)4)27(37-8)26(18-21)31(5,6)7/h9-18H,1-8H3,(H,32,34)(H,33,35). The molecular formula is C31H36N2O5. The summed E-state index contributed by atoms with van der Waals surface area (Å²) in [5.74, 6) is 0.186. The largest absolute Gasteiger partial charge is 0.496 e. The third kappa shape index (κ3) is 7.00. The van der Waals surface area contributed by atoms with Gasteiger partial charge in [0, 0.05) is 35.0 Å². The summed E-state index contributed by atoms with van der Waals surface area (Å²) in [6.07, 6.45) is 0. The van der Waals surface area contributed by atoms with E-state index in [1.165, 1.54) is 6.92 Å². The van der Waals surface area contributed by atoms with Crippen molar-refractivity contribution in [1.82, 2.24) is 0 Å². The number of rotatable bonds is 6. The van der Waals surface area contributed by atoms with Gasteiger partial charge in [-0.2, -0.15) is 0 Å². The number of carbonyl (C=O) groups excluding carboxylic acids is 3. The lowest BCUT2D eigenvalue weighted by Crippen LogP contribution is -2.22. The lowest BCUT2D eigenvalue weighted by molar-refractivity contribution is -0.114. The molecule has 0 saturated carbocycles. The highest BCUT2D eigenvalue weighted by atomic mass is 16.5. The molecule has 0 radical (unpaired) electrons. The zero-order valence-corrected chi connectivity index (χ0v) is 23.3. The molecule has 0 atom stereocenters. The number of hydrogen-bond donors (Lipinski definition) is 2. The number of hydrogen-bond acceptors (Lipinski definition) is 5. The Morgan fingerprint density at radius 1 is 0.684 bits per heavy atom. The number of ether oxygens (including phenoxy) is 2. The Morgan fingerprint density at radius 3 is 1.61 bits per heavy atom. The van der Waals surface area contributed by atoms with Gasteiger partial charge in [0.15, 0.2) is 0 Å². The second-order valence-corrected chi connectivity index (χ2v) is 11.2. The number of nitrogens with one attached hydrogen (secondary N) is 2. The SMILES string of the molecule is COc1c(C(C)(C)C)cc(C(=O)Nc2ccc(C(=O)Oc3ccc(NC(C)=O)cc3)cc2)cc1C(C)(C)C. The van der Waals surface area contributed by atoms with Gasteiger partial charge in [-0.1, -0.05) is 41.5 Å². The number of methoxy groups -OCH3 is 1. The van der Waals surface area contributed by atoms with Crippen LogP contribution in [0.15, 0.2) is 60.7 Å². The Labute approximate surface area is 224 Å². The molecular weight excluding hydrogens is 480 g/mol. The van der Waals surface area contributed by atoms with Gasteiger partial charge < -0.3 is 20.1 Å². The molecule has 0 heterocycles. The molecule has 2 N–H and O–H groups in total. The molecule has 7 nitrogen and oxygen atoms in total. The first-order valence-electron chi connectivity index (χ1n) is 12.4. The average Bonchev–Trinajstić information content (AvgIpc) is 2.83. The number of carbonyl (C=O) groups is 3. The Kier molecular flexibility index (Phi) is 8.30. The minimum atomic E-state index is -0.532. The maximum Gasteiger partial charge on any atom is 0.343 e. The molecule has 38 heavy (non-hydrogen) atoms. The van der Waals surface area contributed by atoms with Crippen molar-refractivity contribution >= 4 is 29.2 Å². The van der Waals surface area contributed by atoms with Gasteiger partial charge in [0.2, 0.25) is 5.91 Å². The number of amides is 2. The van der Waals surface area contributed by atoms with Crippen molar-refractivity contribution in [2.75, 3.05) is 17.7 Å². The maximum absolute atomic E-state index is 13.3. The summed E-state index contributed by atoms with van der Waals surface area (Å²) in [5.41, 5.74) is 3.49. The van der Waals surface area contributed by atoms with Gasteiger partial charge in [-0.3, -0.25) is 9.59 Å². The third-order valence-corrected chi connectivity index (χ3v) is 5.93. The van der Waals surface area contributed by atoms with Crippen LogP contribution < -0.4 is 20.1 Å². The molecule has 7 heteroatoms. The van der Waals surface area contributed by atoms with E-state index in [2.05, 4.69) is 52.2 Å². The predicted molar refractivity (Wildman–Crippen MR) is 150 cm³/mol. The monoisotopic (exact) mass is 516 g/mol. The lowest BCUT2D eigenvalue weighted by Gasteiger charge is -2.29. The van der Waals surface area contributed by atoms with Gasteiger partial charge >= 0.3 is 5.97 Å². The van der Waals surface area contributed by atoms with Gasteiger partial charge in [0.25, 0.3) is 5.91 Å². The summed E-state index contributed by atoms with van der Waals surface area (Å²) in [4.78, 5) is 37.0. The highest BCUT2D eigenvalue weighted by Crippen LogP contribution is 2.40. The molecule has 0 aromatic heterocycles. The Morgan fingerprint density at radius 2 is 1.16 bits per heavy atom. The van der Waals surface area contributed by atoms with Gasteiger partial charge in [-0.25, -0.2) is 4.79 Å². The lowest BCUT2D eigenvalue weighted by atomic mass is 9.78. The topological polar surface area (TPSA) is 93.7 Å². The summed E-state index contributed by atoms with van der Waals surface area (Å²) in [6, 6.07) is 16.8. The van der Waals surface area contributed by atoms with Gasteiger partial charge in [-0.15, -0.1) is 0 Å². The van der Waals surface area contributed by atoms with Crippen LogP contribution in [0.5, 0.6) is 11.5 Å². The van der Waals surface area contributed by atoms with E-state index in [1.807, 2.05) is 12.1 Å². The van der Waals surface area contributed by atoms with Gasteiger partial charge in [0.1, 0.15) is 11.5 Å². The van der Waals surface area contributed by atoms with E-state index < -0.39 is 5.97 Å². The third-order valence-electron chi connectivity index (χ3n) is 5.93. The van der Waals surface area contributed by atoms with Crippen LogP contribution >= 0.6 is 0 Å². The highest BCUT2D eigenvalue weighted by molar-refractivity contribution is 6.05. The second-order valence-electron chi connectivity index (χ2n) is 11.2. The van der Waals surface area contributed by atoms with Crippen molar-refractivity contribution in [3.8, 4) is 11.5 Å². The smallest absolute Gasteiger partial charge is 0.343 e. The fourth-order valence-electron chi connectivity index (χ4n) is 3.96.